The van der Waals surface area contributed by atoms with E-state index >= 15 is 0 Å². The quantitative estimate of drug-likeness (QED) is 0.470. The van der Waals surface area contributed by atoms with E-state index in [0.29, 0.717) is 35.6 Å². The van der Waals surface area contributed by atoms with E-state index in [-0.39, 0.29) is 10.7 Å². The van der Waals surface area contributed by atoms with E-state index in [1.807, 2.05) is 11.0 Å². The SMILES string of the molecule is O=C1NC(=S)N(c2ccc(Cl)cc2)C(=O)/C1=C\c1ccc(N2CCOCC2)o1. The van der Waals surface area contributed by atoms with Crippen LogP contribution in [0.3, 0.4) is 0 Å². The molecule has 0 atom stereocenters. The third kappa shape index (κ3) is 3.66. The van der Waals surface area contributed by atoms with Gasteiger partial charge in [-0.3, -0.25) is 19.8 Å². The summed E-state index contributed by atoms with van der Waals surface area (Å²) in [5.41, 5.74) is 0.449. The van der Waals surface area contributed by atoms with Crippen molar-refractivity contribution in [2.75, 3.05) is 36.1 Å². The van der Waals surface area contributed by atoms with Crippen LogP contribution in [0.15, 0.2) is 46.4 Å². The minimum Gasteiger partial charge on any atom is -0.441 e. The van der Waals surface area contributed by atoms with Crippen LogP contribution in [0, 0.1) is 0 Å². The molecule has 2 aliphatic heterocycles. The van der Waals surface area contributed by atoms with Gasteiger partial charge in [-0.1, -0.05) is 11.6 Å². The number of ether oxygens (including phenoxy) is 1. The Morgan fingerprint density at radius 3 is 2.50 bits per heavy atom. The van der Waals surface area contributed by atoms with Crippen molar-refractivity contribution in [2.24, 2.45) is 0 Å². The number of anilines is 2. The Balaban J connectivity index is 1.61. The van der Waals surface area contributed by atoms with Crippen molar-refractivity contribution >= 4 is 58.4 Å². The second-order valence-corrected chi connectivity index (χ2v) is 7.03. The number of carbonyl (C=O) groups is 2. The molecule has 0 bridgehead atoms. The number of carbonyl (C=O) groups excluding carboxylic acids is 2. The lowest BCUT2D eigenvalue weighted by molar-refractivity contribution is -0.122. The number of thiocarbonyl (C=S) groups is 1. The normalized spacial score (nSPS) is 19.3. The molecule has 0 saturated carbocycles. The Labute approximate surface area is 171 Å². The maximum Gasteiger partial charge on any atom is 0.270 e. The summed E-state index contributed by atoms with van der Waals surface area (Å²) in [7, 11) is 0. The van der Waals surface area contributed by atoms with Crippen LogP contribution < -0.4 is 15.1 Å². The third-order valence-electron chi connectivity index (χ3n) is 4.41. The molecule has 2 aliphatic rings. The van der Waals surface area contributed by atoms with Crippen LogP contribution >= 0.6 is 23.8 Å². The van der Waals surface area contributed by atoms with Crippen molar-refractivity contribution in [3.05, 3.63) is 52.8 Å². The summed E-state index contributed by atoms with van der Waals surface area (Å²) in [5, 5.41) is 3.09. The third-order valence-corrected chi connectivity index (χ3v) is 4.95. The molecule has 1 aromatic carbocycles. The van der Waals surface area contributed by atoms with Gasteiger partial charge in [-0.05, 0) is 48.6 Å². The number of furan rings is 1. The van der Waals surface area contributed by atoms with Crippen molar-refractivity contribution < 1.29 is 18.7 Å². The van der Waals surface area contributed by atoms with Crippen molar-refractivity contribution in [1.82, 2.24) is 5.32 Å². The Morgan fingerprint density at radius 1 is 1.07 bits per heavy atom. The lowest BCUT2D eigenvalue weighted by Gasteiger charge is -2.28. The molecule has 0 aliphatic carbocycles. The Hall–Kier alpha value is -2.68. The predicted molar refractivity (Wildman–Crippen MR) is 109 cm³/mol. The lowest BCUT2D eigenvalue weighted by Crippen LogP contribution is -2.54. The first kappa shape index (κ1) is 18.7. The predicted octanol–water partition coefficient (Wildman–Crippen LogP) is 2.60. The highest BCUT2D eigenvalue weighted by Gasteiger charge is 2.34. The Morgan fingerprint density at radius 2 is 1.79 bits per heavy atom. The van der Waals surface area contributed by atoms with Gasteiger partial charge in [-0.2, -0.15) is 0 Å². The molecule has 144 valence electrons. The highest BCUT2D eigenvalue weighted by atomic mass is 35.5. The molecule has 2 fully saturated rings. The molecular formula is C19H16ClN3O4S. The summed E-state index contributed by atoms with van der Waals surface area (Å²) >= 11 is 11.1. The first-order valence-corrected chi connectivity index (χ1v) is 9.41. The summed E-state index contributed by atoms with van der Waals surface area (Å²) in [4.78, 5) is 28.6. The summed E-state index contributed by atoms with van der Waals surface area (Å²) in [6.07, 6.45) is 1.42. The van der Waals surface area contributed by atoms with Crippen LogP contribution in [0.2, 0.25) is 5.02 Å². The Kier molecular flexibility index (Phi) is 5.17. The summed E-state index contributed by atoms with van der Waals surface area (Å²) in [6, 6.07) is 10.1. The standard InChI is InChI=1S/C19H16ClN3O4S/c20-12-1-3-13(4-2-12)23-18(25)15(17(24)21-19(23)28)11-14-5-6-16(27-14)22-7-9-26-10-8-22/h1-6,11H,7-10H2,(H,21,24,28)/b15-11-. The van der Waals surface area contributed by atoms with Gasteiger partial charge < -0.3 is 14.1 Å². The van der Waals surface area contributed by atoms with Gasteiger partial charge in [-0.15, -0.1) is 0 Å². The fraction of sp³-hybridized carbons (Fsp3) is 0.211. The second-order valence-electron chi connectivity index (χ2n) is 6.21. The first-order valence-electron chi connectivity index (χ1n) is 8.62. The summed E-state index contributed by atoms with van der Waals surface area (Å²) in [6.45, 7) is 2.71. The van der Waals surface area contributed by atoms with E-state index in [1.165, 1.54) is 11.0 Å². The van der Waals surface area contributed by atoms with E-state index in [1.54, 1.807) is 30.3 Å². The van der Waals surface area contributed by atoms with E-state index in [0.717, 1.165) is 13.1 Å². The molecule has 0 radical (unpaired) electrons. The van der Waals surface area contributed by atoms with E-state index in [9.17, 15) is 9.59 Å². The second kappa shape index (κ2) is 7.75. The zero-order chi connectivity index (χ0) is 19.7. The van der Waals surface area contributed by atoms with Crippen molar-refractivity contribution in [3.63, 3.8) is 0 Å². The van der Waals surface area contributed by atoms with Crippen LogP contribution in [0.25, 0.3) is 6.08 Å². The maximum atomic E-state index is 13.0. The molecular weight excluding hydrogens is 402 g/mol. The number of nitrogens with zero attached hydrogens (tertiary/aromatic N) is 2. The van der Waals surface area contributed by atoms with Crippen molar-refractivity contribution in [1.29, 1.82) is 0 Å². The molecule has 2 aromatic rings. The molecule has 3 heterocycles. The van der Waals surface area contributed by atoms with Crippen LogP contribution in [0.4, 0.5) is 11.6 Å². The van der Waals surface area contributed by atoms with Crippen molar-refractivity contribution in [2.45, 2.75) is 0 Å². The lowest BCUT2D eigenvalue weighted by atomic mass is 10.1. The number of rotatable bonds is 3. The zero-order valence-corrected chi connectivity index (χ0v) is 16.3. The maximum absolute atomic E-state index is 13.0. The molecule has 9 heteroatoms. The van der Waals surface area contributed by atoms with Crippen LogP contribution in [0.5, 0.6) is 0 Å². The van der Waals surface area contributed by atoms with E-state index < -0.39 is 11.8 Å². The van der Waals surface area contributed by atoms with E-state index in [2.05, 4.69) is 5.32 Å². The Bertz CT molecular complexity index is 964. The van der Waals surface area contributed by atoms with Gasteiger partial charge in [0.05, 0.1) is 18.9 Å². The molecule has 2 amide bonds. The van der Waals surface area contributed by atoms with Crippen LogP contribution in [0.1, 0.15) is 5.76 Å². The number of amides is 2. The molecule has 2 saturated heterocycles. The molecule has 7 nitrogen and oxygen atoms in total. The van der Waals surface area contributed by atoms with Crippen molar-refractivity contribution in [3.8, 4) is 0 Å². The zero-order valence-electron chi connectivity index (χ0n) is 14.7. The van der Waals surface area contributed by atoms with Gasteiger partial charge in [-0.25, -0.2) is 0 Å². The smallest absolute Gasteiger partial charge is 0.270 e. The molecule has 28 heavy (non-hydrogen) atoms. The summed E-state index contributed by atoms with van der Waals surface area (Å²) < 4.78 is 11.1. The summed E-state index contributed by atoms with van der Waals surface area (Å²) in [5.74, 6) is -0.0160. The van der Waals surface area contributed by atoms with Gasteiger partial charge >= 0.3 is 0 Å². The van der Waals surface area contributed by atoms with Crippen LogP contribution in [-0.2, 0) is 14.3 Å². The highest BCUT2D eigenvalue weighted by Crippen LogP contribution is 2.25. The molecule has 4 rings (SSSR count). The number of benzene rings is 1. The number of hydrogen-bond donors (Lipinski definition) is 1. The minimum absolute atomic E-state index is 0.0166. The minimum atomic E-state index is -0.565. The van der Waals surface area contributed by atoms with E-state index in [4.69, 9.17) is 33.0 Å². The topological polar surface area (TPSA) is 75.0 Å². The largest absolute Gasteiger partial charge is 0.441 e. The number of hydrogen-bond acceptors (Lipinski definition) is 6. The highest BCUT2D eigenvalue weighted by molar-refractivity contribution is 7.80. The molecule has 1 N–H and O–H groups in total. The monoisotopic (exact) mass is 417 g/mol. The molecule has 0 spiro atoms. The molecule has 1 aromatic heterocycles. The van der Waals surface area contributed by atoms with Gasteiger partial charge in [0.1, 0.15) is 11.3 Å². The number of nitrogens with one attached hydrogen (secondary N) is 1. The van der Waals surface area contributed by atoms with Gasteiger partial charge in [0.25, 0.3) is 11.8 Å². The van der Waals surface area contributed by atoms with Gasteiger partial charge in [0.2, 0.25) is 0 Å². The van der Waals surface area contributed by atoms with Gasteiger partial charge in [0, 0.05) is 24.2 Å². The average Bonchev–Trinajstić information content (AvgIpc) is 3.16. The number of morpholine rings is 1. The fourth-order valence-corrected chi connectivity index (χ4v) is 3.40. The fourth-order valence-electron chi connectivity index (χ4n) is 3.00. The number of halogens is 1. The van der Waals surface area contributed by atoms with Gasteiger partial charge in [0.15, 0.2) is 11.0 Å². The first-order chi connectivity index (χ1) is 13.5. The molecule has 0 unspecified atom stereocenters. The average molecular weight is 418 g/mol. The van der Waals surface area contributed by atoms with Crippen LogP contribution in [-0.4, -0.2) is 43.2 Å².